The number of rotatable bonds is 8. The molecule has 15 heteroatoms. The van der Waals surface area contributed by atoms with Crippen LogP contribution in [0.3, 0.4) is 0 Å². The van der Waals surface area contributed by atoms with Crippen molar-refractivity contribution in [2.45, 2.75) is 73.9 Å². The quantitative estimate of drug-likeness (QED) is 0.275. The van der Waals surface area contributed by atoms with Gasteiger partial charge in [-0.05, 0) is 73.7 Å². The van der Waals surface area contributed by atoms with Gasteiger partial charge in [0.15, 0.2) is 11.9 Å². The van der Waals surface area contributed by atoms with E-state index in [1.54, 1.807) is 0 Å². The van der Waals surface area contributed by atoms with E-state index in [1.165, 1.54) is 12.1 Å². The Hall–Kier alpha value is -2.68. The number of aldehydes is 1. The van der Waals surface area contributed by atoms with Gasteiger partial charge in [0.2, 0.25) is 15.9 Å². The molecule has 7 nitrogen and oxygen atoms in total. The van der Waals surface area contributed by atoms with E-state index in [0.717, 1.165) is 49.1 Å². The third-order valence-electron chi connectivity index (χ3n) is 7.93. The number of sulfonamides is 1. The Balaban J connectivity index is 1.74. The van der Waals surface area contributed by atoms with Gasteiger partial charge in [-0.3, -0.25) is 14.5 Å². The fourth-order valence-electron chi connectivity index (χ4n) is 5.59. The second kappa shape index (κ2) is 12.7. The largest absolute Gasteiger partial charge is 0.416 e. The summed E-state index contributed by atoms with van der Waals surface area (Å²) in [6.07, 6.45) is -5.62. The van der Waals surface area contributed by atoms with Gasteiger partial charge in [0, 0.05) is 30.1 Å². The van der Waals surface area contributed by atoms with E-state index in [1.807, 2.05) is 0 Å². The van der Waals surface area contributed by atoms with Crippen LogP contribution >= 0.6 is 11.6 Å². The van der Waals surface area contributed by atoms with Crippen LogP contribution in [0.2, 0.25) is 5.02 Å². The van der Waals surface area contributed by atoms with E-state index < -0.39 is 55.5 Å². The van der Waals surface area contributed by atoms with Crippen LogP contribution in [0.25, 0.3) is 0 Å². The van der Waals surface area contributed by atoms with Crippen LogP contribution in [-0.4, -0.2) is 44.6 Å². The predicted molar refractivity (Wildman–Crippen MR) is 145 cm³/mol. The summed E-state index contributed by atoms with van der Waals surface area (Å²) >= 11 is 5.84. The maximum atomic E-state index is 13.8. The van der Waals surface area contributed by atoms with Crippen LogP contribution in [0.1, 0.15) is 61.6 Å². The fraction of sp³-hybridized carbons (Fsp3) is 0.500. The minimum absolute atomic E-state index is 0.0153. The first-order valence-corrected chi connectivity index (χ1v) is 15.5. The molecule has 1 amide bonds. The SMILES string of the molecule is O=C[C@](NS(=O)(=O)c1ccc(Cl)cc1)(c1cc(C(F)(F)F)cc(C(F)(F)F)c1)N1CCC(C(=O)NC2CCCCC2)CC1. The van der Waals surface area contributed by atoms with E-state index in [2.05, 4.69) is 10.0 Å². The maximum Gasteiger partial charge on any atom is 0.416 e. The van der Waals surface area contributed by atoms with Crippen molar-refractivity contribution in [1.82, 2.24) is 14.9 Å². The number of hydrogen-bond donors (Lipinski definition) is 2. The molecule has 2 fully saturated rings. The van der Waals surface area contributed by atoms with Gasteiger partial charge in [-0.15, -0.1) is 0 Å². The Morgan fingerprint density at radius 2 is 1.35 bits per heavy atom. The van der Waals surface area contributed by atoms with E-state index in [0.29, 0.717) is 12.1 Å². The Kier molecular flexibility index (Phi) is 9.84. The molecule has 2 aromatic carbocycles. The van der Waals surface area contributed by atoms with E-state index in [9.17, 15) is 44.3 Å². The highest BCUT2D eigenvalue weighted by molar-refractivity contribution is 7.89. The van der Waals surface area contributed by atoms with E-state index in [-0.39, 0.29) is 55.3 Å². The second-order valence-corrected chi connectivity index (χ2v) is 13.0. The van der Waals surface area contributed by atoms with Crippen LogP contribution < -0.4 is 10.0 Å². The van der Waals surface area contributed by atoms with Gasteiger partial charge in [-0.25, -0.2) is 8.42 Å². The van der Waals surface area contributed by atoms with Gasteiger partial charge in [-0.2, -0.15) is 31.1 Å². The summed E-state index contributed by atoms with van der Waals surface area (Å²) in [6, 6.07) is 5.18. The molecule has 1 saturated carbocycles. The molecular weight excluding hydrogens is 624 g/mol. The van der Waals surface area contributed by atoms with Gasteiger partial charge in [0.25, 0.3) is 0 Å². The number of piperidine rings is 1. The lowest BCUT2D eigenvalue weighted by atomic mass is 9.89. The van der Waals surface area contributed by atoms with Crippen molar-refractivity contribution < 1.29 is 44.3 Å². The molecule has 236 valence electrons. The van der Waals surface area contributed by atoms with Crippen molar-refractivity contribution in [3.63, 3.8) is 0 Å². The summed E-state index contributed by atoms with van der Waals surface area (Å²) in [6.45, 7) is -0.357. The Morgan fingerprint density at radius 1 is 0.837 bits per heavy atom. The molecule has 0 aromatic heterocycles. The smallest absolute Gasteiger partial charge is 0.353 e. The number of likely N-dealkylation sites (tertiary alicyclic amines) is 1. The summed E-state index contributed by atoms with van der Waals surface area (Å²) in [7, 11) is -4.71. The second-order valence-electron chi connectivity index (χ2n) is 10.8. The number of nitrogens with zero attached hydrogens (tertiary/aromatic N) is 1. The highest BCUT2D eigenvalue weighted by Crippen LogP contribution is 2.40. The van der Waals surface area contributed by atoms with Crippen LogP contribution in [-0.2, 0) is 37.6 Å². The first kappa shape index (κ1) is 33.2. The van der Waals surface area contributed by atoms with Crippen molar-refractivity contribution in [1.29, 1.82) is 0 Å². The normalized spacial score (nSPS) is 19.5. The van der Waals surface area contributed by atoms with Gasteiger partial charge in [0.05, 0.1) is 16.0 Å². The standard InChI is InChI=1S/C28H30ClF6N3O4S/c29-22-6-8-24(9-7-22)43(41,42)37-26(17-39,19-14-20(27(30,31)32)16-21(15-19)28(33,34)35)38-12-10-18(11-13-38)25(40)36-23-4-2-1-3-5-23/h6-9,14-18,23,37H,1-5,10-13H2,(H,36,40)/t26-/m1/s1. The molecule has 0 bridgehead atoms. The molecule has 1 aliphatic carbocycles. The summed E-state index contributed by atoms with van der Waals surface area (Å²) < 4.78 is 112. The monoisotopic (exact) mass is 653 g/mol. The minimum Gasteiger partial charge on any atom is -0.353 e. The lowest BCUT2D eigenvalue weighted by molar-refractivity contribution is -0.144. The highest BCUT2D eigenvalue weighted by atomic mass is 35.5. The van der Waals surface area contributed by atoms with Gasteiger partial charge < -0.3 is 5.32 Å². The first-order valence-electron chi connectivity index (χ1n) is 13.7. The number of benzene rings is 2. The zero-order valence-electron chi connectivity index (χ0n) is 22.8. The number of alkyl halides is 6. The lowest BCUT2D eigenvalue weighted by Gasteiger charge is -2.44. The van der Waals surface area contributed by atoms with Crippen molar-refractivity contribution in [3.8, 4) is 0 Å². The van der Waals surface area contributed by atoms with Gasteiger partial charge in [-0.1, -0.05) is 30.9 Å². The summed E-state index contributed by atoms with van der Waals surface area (Å²) in [5, 5.41) is 3.17. The van der Waals surface area contributed by atoms with Crippen LogP contribution in [0.15, 0.2) is 47.4 Å². The van der Waals surface area contributed by atoms with E-state index >= 15 is 0 Å². The molecule has 2 aromatic rings. The highest BCUT2D eigenvalue weighted by Gasteiger charge is 2.47. The average molecular weight is 654 g/mol. The number of amides is 1. The third kappa shape index (κ3) is 7.70. The van der Waals surface area contributed by atoms with Crippen molar-refractivity contribution in [2.24, 2.45) is 5.92 Å². The number of nitrogens with one attached hydrogen (secondary N) is 2. The molecule has 1 aliphatic heterocycles. The summed E-state index contributed by atoms with van der Waals surface area (Å²) in [4.78, 5) is 26.5. The molecule has 2 N–H and O–H groups in total. The predicted octanol–water partition coefficient (Wildman–Crippen LogP) is 5.87. The van der Waals surface area contributed by atoms with Gasteiger partial charge in [0.1, 0.15) is 0 Å². The van der Waals surface area contributed by atoms with Gasteiger partial charge >= 0.3 is 12.4 Å². The first-order chi connectivity index (χ1) is 20.0. The minimum atomic E-state index is -5.25. The number of halogens is 7. The fourth-order valence-corrected chi connectivity index (χ4v) is 7.03. The zero-order valence-corrected chi connectivity index (χ0v) is 24.3. The molecule has 0 spiro atoms. The molecule has 0 unspecified atom stereocenters. The molecule has 43 heavy (non-hydrogen) atoms. The van der Waals surface area contributed by atoms with Crippen LogP contribution in [0.4, 0.5) is 26.3 Å². The van der Waals surface area contributed by atoms with Crippen molar-refractivity contribution in [3.05, 3.63) is 64.2 Å². The number of hydrogen-bond acceptors (Lipinski definition) is 5. The molecule has 1 atom stereocenters. The lowest BCUT2D eigenvalue weighted by Crippen LogP contribution is -2.61. The summed E-state index contributed by atoms with van der Waals surface area (Å²) in [5.74, 6) is -0.772. The number of carbonyl (C=O) groups excluding carboxylic acids is 2. The topological polar surface area (TPSA) is 95.6 Å². The molecule has 4 rings (SSSR count). The average Bonchev–Trinajstić information content (AvgIpc) is 2.95. The summed E-state index contributed by atoms with van der Waals surface area (Å²) in [5.41, 5.74) is -6.97. The van der Waals surface area contributed by atoms with Crippen LogP contribution in [0.5, 0.6) is 0 Å². The molecule has 1 saturated heterocycles. The Bertz CT molecular complexity index is 1390. The third-order valence-corrected chi connectivity index (χ3v) is 9.65. The Morgan fingerprint density at radius 3 is 1.84 bits per heavy atom. The molecule has 0 radical (unpaired) electrons. The Labute approximate surface area is 250 Å². The van der Waals surface area contributed by atoms with Crippen LogP contribution in [0, 0.1) is 5.92 Å². The number of carbonyl (C=O) groups is 2. The molecule has 1 heterocycles. The van der Waals surface area contributed by atoms with Crippen molar-refractivity contribution in [2.75, 3.05) is 13.1 Å². The van der Waals surface area contributed by atoms with E-state index in [4.69, 9.17) is 11.6 Å². The molecule has 2 aliphatic rings. The van der Waals surface area contributed by atoms with Crippen molar-refractivity contribution >= 4 is 33.8 Å². The maximum absolute atomic E-state index is 13.8. The molecular formula is C28H30ClF6N3O4S. The zero-order chi connectivity index (χ0) is 31.6.